The summed E-state index contributed by atoms with van der Waals surface area (Å²) in [6, 6.07) is 2.20. The summed E-state index contributed by atoms with van der Waals surface area (Å²) >= 11 is 0. The molecule has 0 saturated heterocycles. The van der Waals surface area contributed by atoms with Gasteiger partial charge in [-0.1, -0.05) is 6.92 Å². The molecule has 1 aromatic heterocycles. The number of hydrogen-bond acceptors (Lipinski definition) is 3. The third kappa shape index (κ3) is 3.34. The number of nitrogens with zero attached hydrogens (tertiary/aromatic N) is 2. The van der Waals surface area contributed by atoms with E-state index in [1.165, 1.54) is 6.92 Å². The van der Waals surface area contributed by atoms with Crippen LogP contribution >= 0.6 is 0 Å². The number of aliphatic carboxylic acids is 1. The van der Waals surface area contributed by atoms with Crippen molar-refractivity contribution in [3.63, 3.8) is 0 Å². The normalized spacial score (nSPS) is 14.7. The molecule has 0 spiro atoms. The fraction of sp³-hybridized carbons (Fsp3) is 0.636. The molecule has 5 heteroatoms. The van der Waals surface area contributed by atoms with Gasteiger partial charge in [0.15, 0.2) is 6.10 Å². The van der Waals surface area contributed by atoms with Crippen LogP contribution in [0.3, 0.4) is 0 Å². The monoisotopic (exact) mass is 226 g/mol. The van der Waals surface area contributed by atoms with Gasteiger partial charge in [-0.3, -0.25) is 4.68 Å². The fourth-order valence-corrected chi connectivity index (χ4v) is 1.17. The molecule has 0 aliphatic carbocycles. The first-order chi connectivity index (χ1) is 7.54. The highest BCUT2D eigenvalue weighted by Gasteiger charge is 2.12. The Hall–Kier alpha value is -1.36. The number of carboxylic acid groups (broad SMARTS) is 1. The highest BCUT2D eigenvalue weighted by molar-refractivity contribution is 5.71. The first-order valence-corrected chi connectivity index (χ1v) is 5.43. The standard InChI is InChI=1S/C11H18N2O3/c1-4-8(2)13-6-5-10(12-13)7-16-9(3)11(14)15/h5-6,8-9H,4,7H2,1-3H3,(H,14,15)/t8?,9-/m1/s1. The quantitative estimate of drug-likeness (QED) is 0.803. The molecule has 0 fully saturated rings. The van der Waals surface area contributed by atoms with Crippen LogP contribution in [-0.2, 0) is 16.1 Å². The van der Waals surface area contributed by atoms with Crippen LogP contribution in [0.5, 0.6) is 0 Å². The predicted molar refractivity (Wildman–Crippen MR) is 59.1 cm³/mol. The summed E-state index contributed by atoms with van der Waals surface area (Å²) in [6.07, 6.45) is 2.10. The van der Waals surface area contributed by atoms with Gasteiger partial charge in [0, 0.05) is 12.2 Å². The van der Waals surface area contributed by atoms with Crippen molar-refractivity contribution in [3.8, 4) is 0 Å². The van der Waals surface area contributed by atoms with Crippen LogP contribution in [0.25, 0.3) is 0 Å². The Kier molecular flexibility index (Phi) is 4.49. The number of aromatic nitrogens is 2. The Morgan fingerprint density at radius 2 is 2.31 bits per heavy atom. The van der Waals surface area contributed by atoms with E-state index < -0.39 is 12.1 Å². The second-order valence-corrected chi connectivity index (χ2v) is 3.84. The van der Waals surface area contributed by atoms with Gasteiger partial charge in [0.25, 0.3) is 0 Å². The second kappa shape index (κ2) is 5.65. The van der Waals surface area contributed by atoms with Gasteiger partial charge < -0.3 is 9.84 Å². The molecule has 1 rings (SSSR count). The Morgan fingerprint density at radius 3 is 2.88 bits per heavy atom. The lowest BCUT2D eigenvalue weighted by Gasteiger charge is -2.09. The number of carboxylic acids is 1. The van der Waals surface area contributed by atoms with Crippen LogP contribution in [0, 0.1) is 0 Å². The molecule has 90 valence electrons. The van der Waals surface area contributed by atoms with Crippen molar-refractivity contribution in [2.75, 3.05) is 0 Å². The van der Waals surface area contributed by atoms with E-state index in [0.717, 1.165) is 12.1 Å². The van der Waals surface area contributed by atoms with Crippen molar-refractivity contribution >= 4 is 5.97 Å². The molecular formula is C11H18N2O3. The van der Waals surface area contributed by atoms with Gasteiger partial charge in [0.05, 0.1) is 12.3 Å². The summed E-state index contributed by atoms with van der Waals surface area (Å²) < 4.78 is 7.01. The third-order valence-corrected chi connectivity index (χ3v) is 2.53. The topological polar surface area (TPSA) is 64.3 Å². The second-order valence-electron chi connectivity index (χ2n) is 3.84. The Morgan fingerprint density at radius 1 is 1.62 bits per heavy atom. The van der Waals surface area contributed by atoms with E-state index in [-0.39, 0.29) is 6.61 Å². The lowest BCUT2D eigenvalue weighted by molar-refractivity contribution is -0.149. The Bertz CT molecular complexity index is 349. The predicted octanol–water partition coefficient (Wildman–Crippen LogP) is 1.84. The summed E-state index contributed by atoms with van der Waals surface area (Å²) in [5, 5.41) is 13.0. The van der Waals surface area contributed by atoms with Crippen molar-refractivity contribution in [2.45, 2.75) is 45.9 Å². The average Bonchev–Trinajstić information content (AvgIpc) is 2.73. The molecular weight excluding hydrogens is 208 g/mol. The van der Waals surface area contributed by atoms with Crippen molar-refractivity contribution in [1.82, 2.24) is 9.78 Å². The van der Waals surface area contributed by atoms with Crippen molar-refractivity contribution in [2.24, 2.45) is 0 Å². The van der Waals surface area contributed by atoms with Crippen molar-refractivity contribution < 1.29 is 14.6 Å². The van der Waals surface area contributed by atoms with Crippen LogP contribution in [0.15, 0.2) is 12.3 Å². The van der Waals surface area contributed by atoms with Crippen LogP contribution in [-0.4, -0.2) is 27.0 Å². The number of ether oxygens (including phenoxy) is 1. The van der Waals surface area contributed by atoms with Crippen LogP contribution in [0.4, 0.5) is 0 Å². The molecule has 0 radical (unpaired) electrons. The zero-order chi connectivity index (χ0) is 12.1. The minimum absolute atomic E-state index is 0.233. The van der Waals surface area contributed by atoms with E-state index in [9.17, 15) is 4.79 Å². The number of carbonyl (C=O) groups is 1. The minimum atomic E-state index is -0.957. The first-order valence-electron chi connectivity index (χ1n) is 5.43. The zero-order valence-corrected chi connectivity index (χ0v) is 9.88. The average molecular weight is 226 g/mol. The SMILES string of the molecule is CCC(C)n1ccc(CO[C@H](C)C(=O)O)n1. The molecule has 0 aromatic carbocycles. The van der Waals surface area contributed by atoms with Gasteiger partial charge in [0.2, 0.25) is 0 Å². The molecule has 1 N–H and O–H groups in total. The maximum atomic E-state index is 10.5. The summed E-state index contributed by atoms with van der Waals surface area (Å²) in [4.78, 5) is 10.5. The van der Waals surface area contributed by atoms with E-state index in [4.69, 9.17) is 9.84 Å². The van der Waals surface area contributed by atoms with Gasteiger partial charge in [-0.05, 0) is 26.3 Å². The molecule has 16 heavy (non-hydrogen) atoms. The largest absolute Gasteiger partial charge is 0.479 e. The molecule has 0 aliphatic heterocycles. The summed E-state index contributed by atoms with van der Waals surface area (Å²) in [7, 11) is 0. The molecule has 1 aromatic rings. The number of rotatable bonds is 6. The van der Waals surface area contributed by atoms with E-state index in [2.05, 4.69) is 18.9 Å². The molecule has 0 amide bonds. The molecule has 5 nitrogen and oxygen atoms in total. The first kappa shape index (κ1) is 12.7. The van der Waals surface area contributed by atoms with Crippen molar-refractivity contribution in [3.05, 3.63) is 18.0 Å². The highest BCUT2D eigenvalue weighted by Crippen LogP contribution is 2.10. The van der Waals surface area contributed by atoms with E-state index in [1.54, 1.807) is 0 Å². The Balaban J connectivity index is 2.49. The molecule has 1 unspecified atom stereocenters. The fourth-order valence-electron chi connectivity index (χ4n) is 1.17. The smallest absolute Gasteiger partial charge is 0.332 e. The van der Waals surface area contributed by atoms with Gasteiger partial charge in [-0.15, -0.1) is 0 Å². The molecule has 0 aliphatic rings. The van der Waals surface area contributed by atoms with Crippen LogP contribution in [0.2, 0.25) is 0 Å². The maximum absolute atomic E-state index is 10.5. The van der Waals surface area contributed by atoms with Crippen LogP contribution < -0.4 is 0 Å². The van der Waals surface area contributed by atoms with Gasteiger partial charge >= 0.3 is 5.97 Å². The molecule has 1 heterocycles. The molecule has 2 atom stereocenters. The van der Waals surface area contributed by atoms with E-state index in [1.807, 2.05) is 16.9 Å². The summed E-state index contributed by atoms with van der Waals surface area (Å²) in [6.45, 7) is 5.91. The molecule has 0 saturated carbocycles. The van der Waals surface area contributed by atoms with Crippen LogP contribution in [0.1, 0.15) is 38.9 Å². The zero-order valence-electron chi connectivity index (χ0n) is 9.88. The molecule has 0 bridgehead atoms. The lowest BCUT2D eigenvalue weighted by atomic mass is 10.3. The Labute approximate surface area is 95.0 Å². The van der Waals surface area contributed by atoms with E-state index in [0.29, 0.717) is 6.04 Å². The van der Waals surface area contributed by atoms with Crippen molar-refractivity contribution in [1.29, 1.82) is 0 Å². The van der Waals surface area contributed by atoms with E-state index >= 15 is 0 Å². The third-order valence-electron chi connectivity index (χ3n) is 2.53. The maximum Gasteiger partial charge on any atom is 0.332 e. The summed E-state index contributed by atoms with van der Waals surface area (Å²) in [5.41, 5.74) is 0.758. The highest BCUT2D eigenvalue weighted by atomic mass is 16.5. The summed E-state index contributed by atoms with van der Waals surface area (Å²) in [5.74, 6) is -0.957. The minimum Gasteiger partial charge on any atom is -0.479 e. The number of hydrogen-bond donors (Lipinski definition) is 1. The van der Waals surface area contributed by atoms with Gasteiger partial charge in [-0.25, -0.2) is 4.79 Å². The van der Waals surface area contributed by atoms with Gasteiger partial charge in [-0.2, -0.15) is 5.10 Å². The lowest BCUT2D eigenvalue weighted by Crippen LogP contribution is -2.19. The van der Waals surface area contributed by atoms with Gasteiger partial charge in [0.1, 0.15) is 0 Å².